The minimum atomic E-state index is -0.892. The smallest absolute Gasteiger partial charge is 0.413 e. The molecule has 1 fully saturated rings. The van der Waals surface area contributed by atoms with Crippen LogP contribution in [0.3, 0.4) is 0 Å². The molecule has 0 unspecified atom stereocenters. The van der Waals surface area contributed by atoms with E-state index < -0.39 is 24.0 Å². The second-order valence-corrected chi connectivity index (χ2v) is 9.82. The molecule has 0 spiro atoms. The van der Waals surface area contributed by atoms with Gasteiger partial charge >= 0.3 is 12.1 Å². The summed E-state index contributed by atoms with van der Waals surface area (Å²) in [6, 6.07) is 15.8. The van der Waals surface area contributed by atoms with Gasteiger partial charge in [0.2, 0.25) is 0 Å². The summed E-state index contributed by atoms with van der Waals surface area (Å²) in [5, 5.41) is 15.1. The lowest BCUT2D eigenvalue weighted by molar-refractivity contribution is -0.143. The van der Waals surface area contributed by atoms with Crippen molar-refractivity contribution in [3.8, 4) is 11.1 Å². The Bertz CT molecular complexity index is 1230. The molecule has 180 valence electrons. The van der Waals surface area contributed by atoms with Gasteiger partial charge in [0.15, 0.2) is 5.13 Å². The standard InChI is InChI=1S/C26H25N3O5S/c30-23(28-21-12-6-5-11-19(21)24(31)32)22-13-27-25(35-22)29-26(33)34-14-20-17-9-3-1-7-15(17)16-8-2-4-10-18(16)20/h1-4,7-10,13,19-21H,5-6,11-12,14H2,(H,28,30)(H,31,32)(H,27,29,33)/t19-,21+/m0/s1. The third-order valence-corrected chi connectivity index (χ3v) is 7.59. The van der Waals surface area contributed by atoms with Crippen molar-refractivity contribution in [2.24, 2.45) is 5.92 Å². The van der Waals surface area contributed by atoms with Crippen LogP contribution in [-0.2, 0) is 9.53 Å². The normalized spacial score (nSPS) is 18.9. The minimum Gasteiger partial charge on any atom is -0.481 e. The highest BCUT2D eigenvalue weighted by Crippen LogP contribution is 2.44. The quantitative estimate of drug-likeness (QED) is 0.453. The number of amides is 2. The maximum Gasteiger partial charge on any atom is 0.413 e. The van der Waals surface area contributed by atoms with Crippen molar-refractivity contribution in [1.29, 1.82) is 0 Å². The van der Waals surface area contributed by atoms with E-state index in [1.165, 1.54) is 6.20 Å². The summed E-state index contributed by atoms with van der Waals surface area (Å²) in [7, 11) is 0. The van der Waals surface area contributed by atoms with Crippen molar-refractivity contribution in [1.82, 2.24) is 10.3 Å². The number of anilines is 1. The van der Waals surface area contributed by atoms with Crippen LogP contribution in [0, 0.1) is 5.92 Å². The van der Waals surface area contributed by atoms with E-state index in [0.717, 1.165) is 46.4 Å². The van der Waals surface area contributed by atoms with Gasteiger partial charge in [0.25, 0.3) is 5.91 Å². The third-order valence-electron chi connectivity index (χ3n) is 6.68. The second-order valence-electron chi connectivity index (χ2n) is 8.79. The van der Waals surface area contributed by atoms with Gasteiger partial charge in [-0.05, 0) is 35.1 Å². The van der Waals surface area contributed by atoms with Gasteiger partial charge in [0, 0.05) is 12.0 Å². The van der Waals surface area contributed by atoms with Crippen LogP contribution >= 0.6 is 11.3 Å². The van der Waals surface area contributed by atoms with E-state index in [0.29, 0.717) is 17.7 Å². The van der Waals surface area contributed by atoms with Gasteiger partial charge in [0.05, 0.1) is 12.1 Å². The van der Waals surface area contributed by atoms with Crippen LogP contribution in [0.4, 0.5) is 9.93 Å². The first-order chi connectivity index (χ1) is 17.0. The molecule has 2 aromatic carbocycles. The minimum absolute atomic E-state index is 0.0524. The number of hydrogen-bond donors (Lipinski definition) is 3. The maximum atomic E-state index is 12.6. The number of carboxylic acids is 1. The van der Waals surface area contributed by atoms with Gasteiger partial charge in [-0.2, -0.15) is 0 Å². The van der Waals surface area contributed by atoms with Gasteiger partial charge in [-0.15, -0.1) is 0 Å². The summed E-state index contributed by atoms with van der Waals surface area (Å²) in [5.41, 5.74) is 4.54. The number of hydrogen-bond acceptors (Lipinski definition) is 6. The van der Waals surface area contributed by atoms with E-state index in [2.05, 4.69) is 27.8 Å². The summed E-state index contributed by atoms with van der Waals surface area (Å²) in [6.45, 7) is 0.177. The molecular formula is C26H25N3O5S. The molecule has 2 aliphatic carbocycles. The molecule has 35 heavy (non-hydrogen) atoms. The highest BCUT2D eigenvalue weighted by atomic mass is 32.1. The van der Waals surface area contributed by atoms with Crippen molar-refractivity contribution in [3.05, 3.63) is 70.7 Å². The third kappa shape index (κ3) is 4.77. The van der Waals surface area contributed by atoms with E-state index in [4.69, 9.17) is 4.74 Å². The number of nitrogens with zero attached hydrogens (tertiary/aromatic N) is 1. The number of benzene rings is 2. The van der Waals surface area contributed by atoms with Crippen molar-refractivity contribution in [2.45, 2.75) is 37.6 Å². The number of carbonyl (C=O) groups excluding carboxylic acids is 2. The Morgan fingerprint density at radius 1 is 1.00 bits per heavy atom. The van der Waals surface area contributed by atoms with E-state index in [1.807, 2.05) is 36.4 Å². The largest absolute Gasteiger partial charge is 0.481 e. The summed E-state index contributed by atoms with van der Waals surface area (Å²) in [4.78, 5) is 41.0. The molecule has 8 nitrogen and oxygen atoms in total. The van der Waals surface area contributed by atoms with Crippen LogP contribution in [0.1, 0.15) is 52.4 Å². The van der Waals surface area contributed by atoms with Crippen molar-refractivity contribution in [3.63, 3.8) is 0 Å². The first-order valence-corrected chi connectivity index (χ1v) is 12.4. The number of nitrogens with one attached hydrogen (secondary N) is 2. The van der Waals surface area contributed by atoms with Crippen molar-refractivity contribution < 1.29 is 24.2 Å². The molecule has 2 aliphatic rings. The number of aromatic nitrogens is 1. The Balaban J connectivity index is 1.19. The summed E-state index contributed by atoms with van der Waals surface area (Å²) in [6.07, 6.45) is 3.64. The van der Waals surface area contributed by atoms with Crippen LogP contribution < -0.4 is 10.6 Å². The van der Waals surface area contributed by atoms with Crippen molar-refractivity contribution >= 4 is 34.4 Å². The fourth-order valence-electron chi connectivity index (χ4n) is 5.00. The van der Waals surface area contributed by atoms with Crippen LogP contribution in [0.15, 0.2) is 54.7 Å². The maximum absolute atomic E-state index is 12.6. The molecule has 0 aliphatic heterocycles. The van der Waals surface area contributed by atoms with E-state index in [1.54, 1.807) is 0 Å². The highest BCUT2D eigenvalue weighted by molar-refractivity contribution is 7.17. The zero-order valence-electron chi connectivity index (χ0n) is 18.9. The molecule has 1 heterocycles. The van der Waals surface area contributed by atoms with Crippen molar-refractivity contribution in [2.75, 3.05) is 11.9 Å². The van der Waals surface area contributed by atoms with Crippen LogP contribution in [0.5, 0.6) is 0 Å². The fraction of sp³-hybridized carbons (Fsp3) is 0.308. The number of ether oxygens (including phenoxy) is 1. The summed E-state index contributed by atoms with van der Waals surface area (Å²) < 4.78 is 5.53. The van der Waals surface area contributed by atoms with E-state index in [-0.39, 0.29) is 23.6 Å². The first-order valence-electron chi connectivity index (χ1n) is 11.6. The Morgan fingerprint density at radius 2 is 1.66 bits per heavy atom. The predicted octanol–water partition coefficient (Wildman–Crippen LogP) is 4.88. The number of carboxylic acid groups (broad SMARTS) is 1. The monoisotopic (exact) mass is 491 g/mol. The van der Waals surface area contributed by atoms with E-state index >= 15 is 0 Å². The Kier molecular flexibility index (Phi) is 6.50. The SMILES string of the molecule is O=C(Nc1ncc(C(=O)N[C@@H]2CCCC[C@@H]2C(=O)O)s1)OCC1c2ccccc2-c2ccccc21. The summed E-state index contributed by atoms with van der Waals surface area (Å²) in [5.74, 6) is -1.92. The number of thiazole rings is 1. The molecule has 0 bridgehead atoms. The van der Waals surface area contributed by atoms with Crippen LogP contribution in [0.25, 0.3) is 11.1 Å². The zero-order valence-corrected chi connectivity index (χ0v) is 19.7. The molecule has 9 heteroatoms. The Labute approximate surface area is 206 Å². The first kappa shape index (κ1) is 23.0. The molecule has 1 aromatic heterocycles. The topological polar surface area (TPSA) is 118 Å². The van der Waals surface area contributed by atoms with Crippen LogP contribution in [-0.4, -0.2) is 40.7 Å². The van der Waals surface area contributed by atoms with Gasteiger partial charge < -0.3 is 15.2 Å². The molecule has 0 radical (unpaired) electrons. The highest BCUT2D eigenvalue weighted by Gasteiger charge is 2.32. The number of rotatable bonds is 6. The Hall–Kier alpha value is -3.72. The molecule has 3 N–H and O–H groups in total. The number of fused-ring (bicyclic) bond motifs is 3. The van der Waals surface area contributed by atoms with Gasteiger partial charge in [-0.25, -0.2) is 9.78 Å². The molecule has 5 rings (SSSR count). The lowest BCUT2D eigenvalue weighted by atomic mass is 9.84. The molecule has 1 saturated carbocycles. The predicted molar refractivity (Wildman–Crippen MR) is 132 cm³/mol. The molecular weight excluding hydrogens is 466 g/mol. The summed E-state index contributed by atoms with van der Waals surface area (Å²) >= 11 is 1.02. The lowest BCUT2D eigenvalue weighted by Gasteiger charge is -2.28. The van der Waals surface area contributed by atoms with Gasteiger partial charge in [0.1, 0.15) is 11.5 Å². The average molecular weight is 492 g/mol. The second kappa shape index (κ2) is 9.87. The van der Waals surface area contributed by atoms with Gasteiger partial charge in [-0.3, -0.25) is 14.9 Å². The van der Waals surface area contributed by atoms with E-state index in [9.17, 15) is 19.5 Å². The average Bonchev–Trinajstić information content (AvgIpc) is 3.46. The fourth-order valence-corrected chi connectivity index (χ4v) is 5.70. The molecule has 0 saturated heterocycles. The Morgan fingerprint density at radius 3 is 2.34 bits per heavy atom. The zero-order chi connectivity index (χ0) is 24.4. The molecule has 3 aromatic rings. The van der Waals surface area contributed by atoms with Gasteiger partial charge in [-0.1, -0.05) is 72.7 Å². The molecule has 2 amide bonds. The molecule has 2 atom stereocenters. The number of carbonyl (C=O) groups is 3. The number of aliphatic carboxylic acids is 1. The van der Waals surface area contributed by atoms with Crippen LogP contribution in [0.2, 0.25) is 0 Å². The lowest BCUT2D eigenvalue weighted by Crippen LogP contribution is -2.44.